The summed E-state index contributed by atoms with van der Waals surface area (Å²) in [5, 5.41) is 11.4. The second-order valence-corrected chi connectivity index (χ2v) is 14.9. The zero-order chi connectivity index (χ0) is 20.3. The highest BCUT2D eigenvalue weighted by Gasteiger charge is 2.22. The smallest absolute Gasteiger partial charge is 0.404 e. The number of anilines is 1. The number of piperidine rings is 1. The summed E-state index contributed by atoms with van der Waals surface area (Å²) in [6.45, 7) is 9.72. The van der Waals surface area contributed by atoms with E-state index < -0.39 is 14.2 Å². The Morgan fingerprint density at radius 2 is 2.11 bits per heavy atom. The highest BCUT2D eigenvalue weighted by atomic mass is 79.9. The standard InChI is InChI=1S/C18H28BrN5O3Si/c1-28(2,3)9-8-27-12-24-11-14(19)16-17(24)22-15(10-20-16)23-6-4-13(5-7-23)21-18(25)26/h10-11,13,21H,4-9,12H2,1-3H3,(H,25,26). The van der Waals surface area contributed by atoms with Crippen molar-refractivity contribution in [2.24, 2.45) is 0 Å². The van der Waals surface area contributed by atoms with E-state index in [1.807, 2.05) is 10.8 Å². The topological polar surface area (TPSA) is 92.5 Å². The van der Waals surface area contributed by atoms with Crippen molar-refractivity contribution in [2.45, 2.75) is 51.3 Å². The first kappa shape index (κ1) is 21.1. The lowest BCUT2D eigenvalue weighted by Gasteiger charge is -2.32. The molecule has 1 fully saturated rings. The van der Waals surface area contributed by atoms with Crippen LogP contribution in [-0.4, -0.2) is 59.5 Å². The lowest BCUT2D eigenvalue weighted by molar-refractivity contribution is 0.0898. The third kappa shape index (κ3) is 5.45. The van der Waals surface area contributed by atoms with Gasteiger partial charge in [0.1, 0.15) is 18.1 Å². The van der Waals surface area contributed by atoms with E-state index in [0.29, 0.717) is 6.73 Å². The summed E-state index contributed by atoms with van der Waals surface area (Å²) in [5.74, 6) is 0.815. The van der Waals surface area contributed by atoms with Gasteiger partial charge in [0.15, 0.2) is 5.65 Å². The predicted octanol–water partition coefficient (Wildman–Crippen LogP) is 3.74. The van der Waals surface area contributed by atoms with Crippen molar-refractivity contribution in [3.05, 3.63) is 16.9 Å². The lowest BCUT2D eigenvalue weighted by atomic mass is 10.1. The normalized spacial score (nSPS) is 15.9. The maximum absolute atomic E-state index is 10.8. The first-order valence-electron chi connectivity index (χ1n) is 9.56. The molecule has 2 N–H and O–H groups in total. The summed E-state index contributed by atoms with van der Waals surface area (Å²) < 4.78 is 8.77. The van der Waals surface area contributed by atoms with Crippen LogP contribution in [0.2, 0.25) is 25.7 Å². The molecule has 0 unspecified atom stereocenters. The van der Waals surface area contributed by atoms with E-state index in [0.717, 1.165) is 60.0 Å². The molecule has 3 heterocycles. The van der Waals surface area contributed by atoms with Crippen LogP contribution in [0, 0.1) is 0 Å². The van der Waals surface area contributed by atoms with Crippen molar-refractivity contribution in [2.75, 3.05) is 24.6 Å². The summed E-state index contributed by atoms with van der Waals surface area (Å²) in [5.41, 5.74) is 1.61. The molecule has 0 saturated carbocycles. The molecule has 1 amide bonds. The van der Waals surface area contributed by atoms with E-state index in [1.54, 1.807) is 6.20 Å². The second kappa shape index (κ2) is 8.79. The number of halogens is 1. The minimum atomic E-state index is -1.11. The third-order valence-electron chi connectivity index (χ3n) is 4.88. The van der Waals surface area contributed by atoms with Crippen molar-refractivity contribution in [3.63, 3.8) is 0 Å². The molecule has 0 radical (unpaired) electrons. The van der Waals surface area contributed by atoms with E-state index in [4.69, 9.17) is 14.8 Å². The van der Waals surface area contributed by atoms with Crippen molar-refractivity contribution in [1.82, 2.24) is 19.9 Å². The fraction of sp³-hybridized carbons (Fsp3) is 0.611. The van der Waals surface area contributed by atoms with Crippen LogP contribution in [0.1, 0.15) is 12.8 Å². The molecule has 28 heavy (non-hydrogen) atoms. The number of hydrogen-bond donors (Lipinski definition) is 2. The van der Waals surface area contributed by atoms with Gasteiger partial charge in [0.25, 0.3) is 0 Å². The van der Waals surface area contributed by atoms with Crippen molar-refractivity contribution in [3.8, 4) is 0 Å². The van der Waals surface area contributed by atoms with E-state index >= 15 is 0 Å². The van der Waals surface area contributed by atoms with Gasteiger partial charge < -0.3 is 24.6 Å². The maximum Gasteiger partial charge on any atom is 0.404 e. The molecule has 10 heteroatoms. The van der Waals surface area contributed by atoms with Crippen molar-refractivity contribution < 1.29 is 14.6 Å². The number of rotatable bonds is 7. The number of hydrogen-bond acceptors (Lipinski definition) is 5. The zero-order valence-electron chi connectivity index (χ0n) is 16.6. The number of amides is 1. The molecule has 1 aliphatic heterocycles. The quantitative estimate of drug-likeness (QED) is 0.473. The van der Waals surface area contributed by atoms with Gasteiger partial charge in [0, 0.05) is 40.0 Å². The van der Waals surface area contributed by atoms with Crippen molar-refractivity contribution >= 4 is 47.1 Å². The highest BCUT2D eigenvalue weighted by Crippen LogP contribution is 2.26. The largest absolute Gasteiger partial charge is 0.465 e. The molecule has 0 atom stereocenters. The van der Waals surface area contributed by atoms with E-state index in [9.17, 15) is 4.79 Å². The van der Waals surface area contributed by atoms with E-state index in [-0.39, 0.29) is 6.04 Å². The van der Waals surface area contributed by atoms with Crippen LogP contribution in [0.3, 0.4) is 0 Å². The third-order valence-corrected chi connectivity index (χ3v) is 7.17. The molecular weight excluding hydrogens is 442 g/mol. The van der Waals surface area contributed by atoms with Crippen LogP contribution in [0.5, 0.6) is 0 Å². The van der Waals surface area contributed by atoms with Crippen LogP contribution in [0.15, 0.2) is 16.9 Å². The molecular formula is C18H28BrN5O3Si. The molecule has 1 saturated heterocycles. The fourth-order valence-electron chi connectivity index (χ4n) is 3.22. The molecule has 0 aromatic carbocycles. The number of fused-ring (bicyclic) bond motifs is 1. The highest BCUT2D eigenvalue weighted by molar-refractivity contribution is 9.10. The van der Waals surface area contributed by atoms with Crippen LogP contribution in [-0.2, 0) is 11.5 Å². The van der Waals surface area contributed by atoms with Gasteiger partial charge in [-0.25, -0.2) is 14.8 Å². The van der Waals surface area contributed by atoms with Gasteiger partial charge in [0.2, 0.25) is 0 Å². The van der Waals surface area contributed by atoms with Gasteiger partial charge in [0.05, 0.1) is 10.7 Å². The van der Waals surface area contributed by atoms with Gasteiger partial charge >= 0.3 is 6.09 Å². The molecule has 0 aliphatic carbocycles. The molecule has 3 rings (SSSR count). The number of carboxylic acid groups (broad SMARTS) is 1. The zero-order valence-corrected chi connectivity index (χ0v) is 19.2. The minimum absolute atomic E-state index is 0.00297. The first-order valence-corrected chi connectivity index (χ1v) is 14.1. The molecule has 0 spiro atoms. The Kier molecular flexibility index (Phi) is 6.61. The lowest BCUT2D eigenvalue weighted by Crippen LogP contribution is -2.44. The van der Waals surface area contributed by atoms with Gasteiger partial charge in [-0.2, -0.15) is 0 Å². The van der Waals surface area contributed by atoms with Gasteiger partial charge in [-0.3, -0.25) is 0 Å². The van der Waals surface area contributed by atoms with Crippen molar-refractivity contribution in [1.29, 1.82) is 0 Å². The Morgan fingerprint density at radius 3 is 2.75 bits per heavy atom. The monoisotopic (exact) mass is 469 g/mol. The fourth-order valence-corrected chi connectivity index (χ4v) is 4.50. The average Bonchev–Trinajstić information content (AvgIpc) is 2.93. The molecule has 8 nitrogen and oxygen atoms in total. The molecule has 2 aromatic rings. The van der Waals surface area contributed by atoms with Crippen LogP contribution in [0.25, 0.3) is 11.2 Å². The Bertz CT molecular complexity index is 830. The molecule has 0 bridgehead atoms. The van der Waals surface area contributed by atoms with E-state index in [2.05, 4.69) is 50.8 Å². The summed E-state index contributed by atoms with van der Waals surface area (Å²) in [7, 11) is -1.11. The average molecular weight is 470 g/mol. The Balaban J connectivity index is 1.68. The Labute approximate surface area is 174 Å². The predicted molar refractivity (Wildman–Crippen MR) is 116 cm³/mol. The van der Waals surface area contributed by atoms with Crippen LogP contribution < -0.4 is 10.2 Å². The minimum Gasteiger partial charge on any atom is -0.465 e. The summed E-state index contributed by atoms with van der Waals surface area (Å²) in [6, 6.07) is 1.13. The first-order chi connectivity index (χ1) is 13.2. The van der Waals surface area contributed by atoms with Crippen LogP contribution in [0.4, 0.5) is 10.6 Å². The summed E-state index contributed by atoms with van der Waals surface area (Å²) in [4.78, 5) is 22.4. The number of nitrogens with zero attached hydrogens (tertiary/aromatic N) is 4. The van der Waals surface area contributed by atoms with Gasteiger partial charge in [-0.1, -0.05) is 19.6 Å². The number of nitrogens with one attached hydrogen (secondary N) is 1. The Hall–Kier alpha value is -1.65. The SMILES string of the molecule is C[Si](C)(C)CCOCn1cc(Br)c2ncc(N3CCC(NC(=O)O)CC3)nc21. The number of carbonyl (C=O) groups is 1. The van der Waals surface area contributed by atoms with E-state index in [1.165, 1.54) is 0 Å². The molecule has 154 valence electrons. The molecule has 1 aliphatic rings. The summed E-state index contributed by atoms with van der Waals surface area (Å²) >= 11 is 3.56. The Morgan fingerprint density at radius 1 is 1.39 bits per heavy atom. The van der Waals surface area contributed by atoms with Crippen LogP contribution >= 0.6 is 15.9 Å². The summed E-state index contributed by atoms with van der Waals surface area (Å²) in [6.07, 6.45) is 4.31. The maximum atomic E-state index is 10.8. The number of aromatic nitrogens is 3. The number of ether oxygens (including phenoxy) is 1. The van der Waals surface area contributed by atoms with Gasteiger partial charge in [-0.15, -0.1) is 0 Å². The van der Waals surface area contributed by atoms with Gasteiger partial charge in [-0.05, 0) is 34.8 Å². The second-order valence-electron chi connectivity index (χ2n) is 8.41. The molecule has 2 aromatic heterocycles.